The number of nitrogens with zero attached hydrogens (tertiary/aromatic N) is 2. The largest absolute Gasteiger partial charge is 0.354 e. The average Bonchev–Trinajstić information content (AvgIpc) is 2.15. The minimum atomic E-state index is 0.681. The smallest absolute Gasteiger partial charge is 0.205 e. The number of rotatable bonds is 6. The highest BCUT2D eigenvalue weighted by Crippen LogP contribution is 1.86. The van der Waals surface area contributed by atoms with E-state index >= 15 is 0 Å². The number of hydrazine groups is 1. The van der Waals surface area contributed by atoms with Gasteiger partial charge < -0.3 is 10.2 Å². The second-order valence-electron chi connectivity index (χ2n) is 3.46. The molecule has 0 aliphatic heterocycles. The van der Waals surface area contributed by atoms with Crippen LogP contribution in [0.2, 0.25) is 0 Å². The van der Waals surface area contributed by atoms with E-state index in [1.165, 1.54) is 0 Å². The van der Waals surface area contributed by atoms with Gasteiger partial charge in [-0.05, 0) is 20.5 Å². The van der Waals surface area contributed by atoms with Crippen molar-refractivity contribution in [1.29, 1.82) is 0 Å². The van der Waals surface area contributed by atoms with Crippen molar-refractivity contribution in [3.63, 3.8) is 0 Å². The molecule has 0 aromatic heterocycles. The van der Waals surface area contributed by atoms with Crippen molar-refractivity contribution in [2.24, 2.45) is 10.8 Å². The molecule has 0 radical (unpaired) electrons. The SMILES string of the molecule is CCCCN=C(NN)NCCN(C)C. The lowest BCUT2D eigenvalue weighted by Gasteiger charge is -2.12. The van der Waals surface area contributed by atoms with Crippen LogP contribution in [0.5, 0.6) is 0 Å². The van der Waals surface area contributed by atoms with Crippen LogP contribution >= 0.6 is 0 Å². The molecule has 5 heteroatoms. The summed E-state index contributed by atoms with van der Waals surface area (Å²) < 4.78 is 0. The Morgan fingerprint density at radius 2 is 2.14 bits per heavy atom. The van der Waals surface area contributed by atoms with Crippen molar-refractivity contribution in [3.05, 3.63) is 0 Å². The first-order valence-corrected chi connectivity index (χ1v) is 5.10. The molecule has 0 amide bonds. The van der Waals surface area contributed by atoms with E-state index in [1.54, 1.807) is 0 Å². The monoisotopic (exact) mass is 201 g/mol. The summed E-state index contributed by atoms with van der Waals surface area (Å²) in [6.45, 7) is 4.78. The Balaban J connectivity index is 3.61. The molecule has 0 saturated heterocycles. The molecule has 0 aromatic rings. The van der Waals surface area contributed by atoms with Gasteiger partial charge in [-0.3, -0.25) is 10.4 Å². The Hall–Kier alpha value is -0.810. The minimum absolute atomic E-state index is 0.681. The molecule has 0 heterocycles. The average molecular weight is 201 g/mol. The maximum absolute atomic E-state index is 5.31. The van der Waals surface area contributed by atoms with Crippen molar-refractivity contribution in [3.8, 4) is 0 Å². The fourth-order valence-corrected chi connectivity index (χ4v) is 0.899. The number of guanidine groups is 1. The van der Waals surface area contributed by atoms with Crippen LogP contribution < -0.4 is 16.6 Å². The van der Waals surface area contributed by atoms with Gasteiger partial charge in [-0.1, -0.05) is 13.3 Å². The van der Waals surface area contributed by atoms with E-state index in [-0.39, 0.29) is 0 Å². The van der Waals surface area contributed by atoms with E-state index in [0.717, 1.165) is 32.5 Å². The van der Waals surface area contributed by atoms with Crippen molar-refractivity contribution in [1.82, 2.24) is 15.6 Å². The number of aliphatic imine (C=N–C) groups is 1. The summed E-state index contributed by atoms with van der Waals surface area (Å²) in [6, 6.07) is 0. The van der Waals surface area contributed by atoms with Crippen molar-refractivity contribution < 1.29 is 0 Å². The molecule has 14 heavy (non-hydrogen) atoms. The molecule has 0 aliphatic rings. The van der Waals surface area contributed by atoms with Crippen LogP contribution in [0, 0.1) is 0 Å². The van der Waals surface area contributed by atoms with Crippen LogP contribution in [0.1, 0.15) is 19.8 Å². The number of unbranched alkanes of at least 4 members (excludes halogenated alkanes) is 1. The maximum atomic E-state index is 5.31. The Kier molecular flexibility index (Phi) is 8.27. The van der Waals surface area contributed by atoms with E-state index in [9.17, 15) is 0 Å². The molecular formula is C9H23N5. The number of hydrogen-bond acceptors (Lipinski definition) is 3. The highest BCUT2D eigenvalue weighted by molar-refractivity contribution is 5.79. The van der Waals surface area contributed by atoms with Crippen LogP contribution in [0.25, 0.3) is 0 Å². The lowest BCUT2D eigenvalue weighted by molar-refractivity contribution is 0.412. The van der Waals surface area contributed by atoms with Gasteiger partial charge in [0.05, 0.1) is 0 Å². The quantitative estimate of drug-likeness (QED) is 0.182. The highest BCUT2D eigenvalue weighted by Gasteiger charge is 1.94. The Morgan fingerprint density at radius 3 is 2.64 bits per heavy atom. The van der Waals surface area contributed by atoms with Crippen LogP contribution in [-0.2, 0) is 0 Å². The fraction of sp³-hybridized carbons (Fsp3) is 0.889. The first kappa shape index (κ1) is 13.2. The van der Waals surface area contributed by atoms with Crippen molar-refractivity contribution in [2.75, 3.05) is 33.7 Å². The van der Waals surface area contributed by atoms with Crippen LogP contribution in [0.4, 0.5) is 0 Å². The standard InChI is InChI=1S/C9H23N5/c1-4-5-6-11-9(13-10)12-7-8-14(2)3/h4-8,10H2,1-3H3,(H2,11,12,13). The summed E-state index contributed by atoms with van der Waals surface area (Å²) in [6.07, 6.45) is 2.25. The van der Waals surface area contributed by atoms with Gasteiger partial charge in [0.15, 0.2) is 0 Å². The van der Waals surface area contributed by atoms with Crippen molar-refractivity contribution >= 4 is 5.96 Å². The molecule has 0 unspecified atom stereocenters. The summed E-state index contributed by atoms with van der Waals surface area (Å²) in [5, 5.41) is 3.13. The second-order valence-corrected chi connectivity index (χ2v) is 3.46. The first-order valence-electron chi connectivity index (χ1n) is 5.10. The Morgan fingerprint density at radius 1 is 1.43 bits per heavy atom. The Labute approximate surface area is 86.7 Å². The van der Waals surface area contributed by atoms with E-state index < -0.39 is 0 Å². The predicted octanol–water partition coefficient (Wildman–Crippen LogP) is -0.243. The summed E-state index contributed by atoms with van der Waals surface area (Å²) in [7, 11) is 4.07. The maximum Gasteiger partial charge on any atom is 0.205 e. The van der Waals surface area contributed by atoms with Gasteiger partial charge in [0.1, 0.15) is 0 Å². The number of nitrogens with two attached hydrogens (primary N) is 1. The molecule has 0 atom stereocenters. The molecule has 0 rings (SSSR count). The van der Waals surface area contributed by atoms with Crippen molar-refractivity contribution in [2.45, 2.75) is 19.8 Å². The minimum Gasteiger partial charge on any atom is -0.354 e. The van der Waals surface area contributed by atoms with Crippen LogP contribution in [0.3, 0.4) is 0 Å². The van der Waals surface area contributed by atoms with Crippen LogP contribution in [-0.4, -0.2) is 44.6 Å². The molecule has 0 spiro atoms. The second kappa shape index (κ2) is 8.77. The molecule has 84 valence electrons. The van der Waals surface area contributed by atoms with E-state index in [1.807, 2.05) is 14.1 Å². The lowest BCUT2D eigenvalue weighted by Crippen LogP contribution is -2.43. The number of hydrogen-bond donors (Lipinski definition) is 3. The molecular weight excluding hydrogens is 178 g/mol. The van der Waals surface area contributed by atoms with E-state index in [0.29, 0.717) is 5.96 Å². The topological polar surface area (TPSA) is 65.7 Å². The van der Waals surface area contributed by atoms with Crippen LogP contribution in [0.15, 0.2) is 4.99 Å². The van der Waals surface area contributed by atoms with Gasteiger partial charge in [0.25, 0.3) is 0 Å². The fourth-order valence-electron chi connectivity index (χ4n) is 0.899. The summed E-state index contributed by atoms with van der Waals surface area (Å²) in [5.74, 6) is 6.00. The third-order valence-corrected chi connectivity index (χ3v) is 1.77. The zero-order valence-corrected chi connectivity index (χ0v) is 9.51. The predicted molar refractivity (Wildman–Crippen MR) is 61.1 cm³/mol. The summed E-state index contributed by atoms with van der Waals surface area (Å²) in [4.78, 5) is 6.38. The van der Waals surface area contributed by atoms with Gasteiger partial charge in [-0.15, -0.1) is 0 Å². The lowest BCUT2D eigenvalue weighted by atomic mass is 10.3. The van der Waals surface area contributed by atoms with E-state index in [2.05, 4.69) is 27.6 Å². The summed E-state index contributed by atoms with van der Waals surface area (Å²) >= 11 is 0. The first-order chi connectivity index (χ1) is 6.70. The Bertz CT molecular complexity index is 155. The number of likely N-dealkylation sites (N-methyl/N-ethyl adjacent to an activating group) is 1. The molecule has 0 aromatic carbocycles. The zero-order chi connectivity index (χ0) is 10.8. The third kappa shape index (κ3) is 7.82. The molecule has 0 bridgehead atoms. The molecule has 0 aliphatic carbocycles. The molecule has 0 saturated carbocycles. The summed E-state index contributed by atoms with van der Waals surface area (Å²) in [5.41, 5.74) is 2.56. The molecule has 4 N–H and O–H groups in total. The van der Waals surface area contributed by atoms with Gasteiger partial charge in [0.2, 0.25) is 5.96 Å². The van der Waals surface area contributed by atoms with Gasteiger partial charge >= 0.3 is 0 Å². The van der Waals surface area contributed by atoms with E-state index in [4.69, 9.17) is 5.84 Å². The van der Waals surface area contributed by atoms with Gasteiger partial charge in [-0.2, -0.15) is 0 Å². The van der Waals surface area contributed by atoms with Gasteiger partial charge in [-0.25, -0.2) is 5.84 Å². The molecule has 5 nitrogen and oxygen atoms in total. The normalized spacial score (nSPS) is 11.9. The number of nitrogens with one attached hydrogen (secondary N) is 2. The zero-order valence-electron chi connectivity index (χ0n) is 9.51. The van der Waals surface area contributed by atoms with Gasteiger partial charge in [0, 0.05) is 19.6 Å². The third-order valence-electron chi connectivity index (χ3n) is 1.77. The molecule has 0 fully saturated rings. The highest BCUT2D eigenvalue weighted by atomic mass is 15.3.